The minimum atomic E-state index is 0.510. The van der Waals surface area contributed by atoms with Gasteiger partial charge in [-0.05, 0) is 18.4 Å². The van der Waals surface area contributed by atoms with Crippen LogP contribution in [-0.2, 0) is 6.54 Å². The summed E-state index contributed by atoms with van der Waals surface area (Å²) >= 11 is 0. The maximum atomic E-state index is 8.07. The largest absolute Gasteiger partial charge is 0.272 e. The predicted molar refractivity (Wildman–Crippen MR) is 60.2 cm³/mol. The number of nitrogens with zero attached hydrogens (tertiary/aromatic N) is 5. The summed E-state index contributed by atoms with van der Waals surface area (Å²) in [5, 5.41) is 7.65. The molecule has 1 aromatic rings. The van der Waals surface area contributed by atoms with Gasteiger partial charge in [-0.3, -0.25) is 4.68 Å². The number of aryl methyl sites for hydroxylation is 1. The first kappa shape index (κ1) is 11.3. The van der Waals surface area contributed by atoms with Crippen molar-refractivity contribution in [1.29, 1.82) is 0 Å². The first-order valence-corrected chi connectivity index (χ1v) is 5.06. The molecule has 0 radical (unpaired) electrons. The molecular weight excluding hydrogens is 190 g/mol. The van der Waals surface area contributed by atoms with Crippen molar-refractivity contribution in [3.63, 3.8) is 0 Å². The van der Waals surface area contributed by atoms with Crippen LogP contribution in [0.2, 0.25) is 0 Å². The lowest BCUT2D eigenvalue weighted by Gasteiger charge is -1.93. The lowest BCUT2D eigenvalue weighted by Crippen LogP contribution is -1.95. The van der Waals surface area contributed by atoms with Gasteiger partial charge in [0.1, 0.15) is 0 Å². The fourth-order valence-corrected chi connectivity index (χ4v) is 1.21. The Morgan fingerprint density at radius 2 is 2.53 bits per heavy atom. The third-order valence-corrected chi connectivity index (χ3v) is 1.88. The second kappa shape index (κ2) is 6.68. The van der Waals surface area contributed by atoms with Crippen molar-refractivity contribution < 1.29 is 0 Å². The van der Waals surface area contributed by atoms with E-state index in [9.17, 15) is 0 Å². The zero-order valence-corrected chi connectivity index (χ0v) is 8.87. The quantitative estimate of drug-likeness (QED) is 0.304. The van der Waals surface area contributed by atoms with Gasteiger partial charge >= 0.3 is 0 Å². The number of hydrogen-bond acceptors (Lipinski definition) is 2. The highest BCUT2D eigenvalue weighted by molar-refractivity contribution is 5.46. The lowest BCUT2D eigenvalue weighted by molar-refractivity contribution is 0.602. The van der Waals surface area contributed by atoms with Crippen molar-refractivity contribution in [2.24, 2.45) is 5.11 Å². The van der Waals surface area contributed by atoms with E-state index in [0.29, 0.717) is 6.54 Å². The zero-order chi connectivity index (χ0) is 10.9. The van der Waals surface area contributed by atoms with Gasteiger partial charge in [0.2, 0.25) is 0 Å². The average molecular weight is 205 g/mol. The summed E-state index contributed by atoms with van der Waals surface area (Å²) in [6, 6.07) is 0. The Morgan fingerprint density at radius 1 is 1.67 bits per heavy atom. The number of rotatable bonds is 6. The molecule has 0 aliphatic rings. The van der Waals surface area contributed by atoms with E-state index in [1.54, 1.807) is 0 Å². The van der Waals surface area contributed by atoms with Crippen LogP contribution in [0.25, 0.3) is 16.5 Å². The molecule has 5 heteroatoms. The molecule has 80 valence electrons. The van der Waals surface area contributed by atoms with Crippen molar-refractivity contribution in [3.8, 4) is 0 Å². The minimum absolute atomic E-state index is 0.510. The third kappa shape index (κ3) is 4.33. The van der Waals surface area contributed by atoms with E-state index in [4.69, 9.17) is 5.53 Å². The van der Waals surface area contributed by atoms with Crippen molar-refractivity contribution in [1.82, 2.24) is 9.78 Å². The van der Waals surface area contributed by atoms with Gasteiger partial charge in [0.05, 0.1) is 6.20 Å². The Bertz CT molecular complexity index is 360. The second-order valence-corrected chi connectivity index (χ2v) is 3.18. The molecule has 0 bridgehead atoms. The fourth-order valence-electron chi connectivity index (χ4n) is 1.21. The fraction of sp³-hybridized carbons (Fsp3) is 0.500. The van der Waals surface area contributed by atoms with Crippen LogP contribution in [0.3, 0.4) is 0 Å². The summed E-state index contributed by atoms with van der Waals surface area (Å²) in [5.74, 6) is 0. The number of aromatic nitrogens is 2. The van der Waals surface area contributed by atoms with Crippen LogP contribution in [0, 0.1) is 0 Å². The van der Waals surface area contributed by atoms with E-state index < -0.39 is 0 Å². The summed E-state index contributed by atoms with van der Waals surface area (Å²) in [6.45, 7) is 3.58. The van der Waals surface area contributed by atoms with E-state index in [-0.39, 0.29) is 0 Å². The van der Waals surface area contributed by atoms with Gasteiger partial charge < -0.3 is 0 Å². The Labute approximate surface area is 89.0 Å². The summed E-state index contributed by atoms with van der Waals surface area (Å²) in [7, 11) is 0. The topological polar surface area (TPSA) is 66.6 Å². The highest BCUT2D eigenvalue weighted by atomic mass is 15.3. The Morgan fingerprint density at radius 3 is 3.27 bits per heavy atom. The van der Waals surface area contributed by atoms with Gasteiger partial charge in [-0.15, -0.1) is 0 Å². The van der Waals surface area contributed by atoms with Crippen LogP contribution in [0.4, 0.5) is 0 Å². The Kier molecular flexibility index (Phi) is 5.04. The number of hydrogen-bond donors (Lipinski definition) is 0. The van der Waals surface area contributed by atoms with Gasteiger partial charge in [-0.1, -0.05) is 24.2 Å². The molecule has 0 aromatic carbocycles. The van der Waals surface area contributed by atoms with Crippen molar-refractivity contribution in [2.75, 3.05) is 6.54 Å². The summed E-state index contributed by atoms with van der Waals surface area (Å²) in [6.07, 6.45) is 9.67. The molecule has 0 aliphatic heterocycles. The molecular formula is C10H15N5. The second-order valence-electron chi connectivity index (χ2n) is 3.18. The van der Waals surface area contributed by atoms with Crippen LogP contribution >= 0.6 is 0 Å². The van der Waals surface area contributed by atoms with E-state index in [1.807, 2.05) is 29.2 Å². The van der Waals surface area contributed by atoms with Gasteiger partial charge in [0.15, 0.2) is 0 Å². The zero-order valence-electron chi connectivity index (χ0n) is 8.87. The summed E-state index contributed by atoms with van der Waals surface area (Å²) in [4.78, 5) is 2.68. The maximum Gasteiger partial charge on any atom is 0.0562 e. The molecule has 15 heavy (non-hydrogen) atoms. The minimum Gasteiger partial charge on any atom is -0.272 e. The molecule has 0 saturated carbocycles. The molecule has 1 aromatic heterocycles. The molecule has 0 fully saturated rings. The summed E-state index contributed by atoms with van der Waals surface area (Å²) < 4.78 is 1.92. The third-order valence-electron chi connectivity index (χ3n) is 1.88. The highest BCUT2D eigenvalue weighted by Crippen LogP contribution is 2.02. The van der Waals surface area contributed by atoms with Crippen molar-refractivity contribution in [3.05, 3.63) is 34.5 Å². The smallest absolute Gasteiger partial charge is 0.0562 e. The maximum absolute atomic E-state index is 8.07. The van der Waals surface area contributed by atoms with Crippen LogP contribution < -0.4 is 0 Å². The molecule has 0 amide bonds. The summed E-state index contributed by atoms with van der Waals surface area (Å²) in [5.41, 5.74) is 9.15. The molecule has 0 saturated heterocycles. The van der Waals surface area contributed by atoms with Crippen LogP contribution in [-0.4, -0.2) is 16.3 Å². The first-order chi connectivity index (χ1) is 7.36. The number of azide groups is 1. The first-order valence-electron chi connectivity index (χ1n) is 5.06. The van der Waals surface area contributed by atoms with Gasteiger partial charge in [-0.25, -0.2) is 0 Å². The monoisotopic (exact) mass is 205 g/mol. The molecule has 5 nitrogen and oxygen atoms in total. The Hall–Kier alpha value is -1.74. The highest BCUT2D eigenvalue weighted by Gasteiger charge is 1.92. The Balaban J connectivity index is 2.38. The molecule has 1 rings (SSSR count). The van der Waals surface area contributed by atoms with Gasteiger partial charge in [-0.2, -0.15) is 5.10 Å². The molecule has 0 spiro atoms. The standard InChI is InChI=1S/C10H15N5/c1-2-7-15-9-10(8-13-15)5-3-4-6-12-14-11/h3,5,8-9H,2,4,6-7H2,1H3. The average Bonchev–Trinajstić information content (AvgIpc) is 2.66. The molecule has 1 heterocycles. The van der Waals surface area contributed by atoms with E-state index in [0.717, 1.165) is 24.9 Å². The SMILES string of the molecule is CCCn1cc(C=CCCN=[N+]=[N-])cn1. The van der Waals surface area contributed by atoms with Crippen molar-refractivity contribution >= 4 is 6.08 Å². The van der Waals surface area contributed by atoms with E-state index in [2.05, 4.69) is 22.0 Å². The molecule has 0 atom stereocenters. The van der Waals surface area contributed by atoms with E-state index in [1.165, 1.54) is 0 Å². The molecule has 0 aliphatic carbocycles. The normalized spacial score (nSPS) is 10.5. The van der Waals surface area contributed by atoms with Crippen LogP contribution in [0.5, 0.6) is 0 Å². The van der Waals surface area contributed by atoms with Gasteiger partial charge in [0.25, 0.3) is 0 Å². The molecule has 0 N–H and O–H groups in total. The van der Waals surface area contributed by atoms with Crippen LogP contribution in [0.15, 0.2) is 23.6 Å². The lowest BCUT2D eigenvalue weighted by atomic mass is 10.3. The van der Waals surface area contributed by atoms with Crippen LogP contribution in [0.1, 0.15) is 25.3 Å². The van der Waals surface area contributed by atoms with Crippen molar-refractivity contribution in [2.45, 2.75) is 26.3 Å². The predicted octanol–water partition coefficient (Wildman–Crippen LogP) is 3.01. The van der Waals surface area contributed by atoms with Gasteiger partial charge in [0, 0.05) is 29.8 Å². The molecule has 0 unspecified atom stereocenters. The van der Waals surface area contributed by atoms with E-state index >= 15 is 0 Å².